The molecule has 2 aromatic heterocycles. The van der Waals surface area contributed by atoms with E-state index in [4.69, 9.17) is 9.47 Å². The van der Waals surface area contributed by atoms with E-state index in [0.29, 0.717) is 52.8 Å². The Labute approximate surface area is 345 Å². The highest BCUT2D eigenvalue weighted by Crippen LogP contribution is 2.50. The summed E-state index contributed by atoms with van der Waals surface area (Å²) in [4.78, 5) is 80.0. The molecule has 7 heterocycles. The van der Waals surface area contributed by atoms with E-state index >= 15 is 4.39 Å². The van der Waals surface area contributed by atoms with E-state index in [0.717, 1.165) is 85.6 Å². The zero-order valence-electron chi connectivity index (χ0n) is 33.5. The molecule has 16 heteroatoms. The molecule has 1 spiro atoms. The first-order valence-electron chi connectivity index (χ1n) is 20.7. The van der Waals surface area contributed by atoms with Crippen molar-refractivity contribution in [1.82, 2.24) is 25.1 Å². The van der Waals surface area contributed by atoms with Crippen LogP contribution in [-0.4, -0.2) is 115 Å². The van der Waals surface area contributed by atoms with Gasteiger partial charge in [0.25, 0.3) is 11.8 Å². The van der Waals surface area contributed by atoms with Gasteiger partial charge in [0.1, 0.15) is 36.1 Å². The fourth-order valence-electron chi connectivity index (χ4n) is 10.0. The van der Waals surface area contributed by atoms with E-state index in [-0.39, 0.29) is 35.7 Å². The molecule has 0 bridgehead atoms. The number of imide groups is 2. The average molecular weight is 817 g/mol. The number of nitrogens with one attached hydrogen (secondary N) is 2. The van der Waals surface area contributed by atoms with Crippen LogP contribution < -0.4 is 25.2 Å². The number of hydrogen-bond donors (Lipinski definition) is 2. The second kappa shape index (κ2) is 14.5. The van der Waals surface area contributed by atoms with Crippen molar-refractivity contribution in [2.45, 2.75) is 57.6 Å². The van der Waals surface area contributed by atoms with Crippen molar-refractivity contribution in [2.24, 2.45) is 11.3 Å². The van der Waals surface area contributed by atoms with Crippen LogP contribution in [0.25, 0.3) is 21.9 Å². The highest BCUT2D eigenvalue weighted by molar-refractivity contribution is 6.23. The van der Waals surface area contributed by atoms with E-state index in [1.807, 2.05) is 20.0 Å². The second-order valence-electron chi connectivity index (χ2n) is 17.3. The number of piperidine rings is 2. The summed E-state index contributed by atoms with van der Waals surface area (Å²) in [5.74, 6) is -1.05. The number of nitrogens with zero attached hydrogens (tertiary/aromatic N) is 6. The van der Waals surface area contributed by atoms with Gasteiger partial charge < -0.3 is 24.2 Å². The standard InChI is InChI=1S/C44H45FN8O7/c1-24-33(20-47-40-38(24)50(2)11-12-59-40)31-13-26-15-36(46-19-27(26)14-34(31)45)48-43(58)60-29-17-44(18-29)7-9-51(10-8-44)21-25-22-52(23-25)28-3-4-30-32(16-28)42(57)53(41(30)56)35-5-6-37(54)49-39(35)55/h3-4,13-16,19-20,25,29,35H,5-12,17-18,21-23H2,1-2H3,(H,46,48,58)(H,49,54,55). The maximum absolute atomic E-state index is 15.4. The molecule has 60 heavy (non-hydrogen) atoms. The fraction of sp³-hybridized carbons (Fsp3) is 0.432. The highest BCUT2D eigenvalue weighted by atomic mass is 19.1. The molecule has 3 saturated heterocycles. The molecule has 310 valence electrons. The van der Waals surface area contributed by atoms with Gasteiger partial charge in [-0.05, 0) is 105 Å². The molecule has 5 aliphatic heterocycles. The van der Waals surface area contributed by atoms with Crippen LogP contribution in [0.3, 0.4) is 0 Å². The quantitative estimate of drug-likeness (QED) is 0.243. The molecule has 10 rings (SSSR count). The van der Waals surface area contributed by atoms with Crippen molar-refractivity contribution in [3.63, 3.8) is 0 Å². The van der Waals surface area contributed by atoms with Crippen molar-refractivity contribution in [1.29, 1.82) is 0 Å². The number of ether oxygens (including phenoxy) is 2. The molecule has 5 amide bonds. The minimum atomic E-state index is -0.980. The number of carbonyl (C=O) groups is 5. The normalized spacial score (nSPS) is 21.6. The number of amides is 5. The van der Waals surface area contributed by atoms with Gasteiger partial charge in [-0.1, -0.05) is 0 Å². The smallest absolute Gasteiger partial charge is 0.413 e. The van der Waals surface area contributed by atoms with Crippen LogP contribution in [0.5, 0.6) is 5.88 Å². The van der Waals surface area contributed by atoms with Gasteiger partial charge in [-0.25, -0.2) is 19.2 Å². The summed E-state index contributed by atoms with van der Waals surface area (Å²) in [6.45, 7) is 7.83. The highest BCUT2D eigenvalue weighted by Gasteiger charge is 2.48. The van der Waals surface area contributed by atoms with Gasteiger partial charge in [0, 0.05) is 73.6 Å². The lowest BCUT2D eigenvalue weighted by Gasteiger charge is -2.52. The van der Waals surface area contributed by atoms with Gasteiger partial charge in [-0.2, -0.15) is 0 Å². The minimum absolute atomic E-state index is 0.0842. The molecule has 4 aromatic rings. The monoisotopic (exact) mass is 816 g/mol. The zero-order chi connectivity index (χ0) is 41.4. The van der Waals surface area contributed by atoms with Crippen molar-refractivity contribution < 1.29 is 37.8 Å². The van der Waals surface area contributed by atoms with Crippen molar-refractivity contribution in [3.8, 4) is 17.0 Å². The molecule has 6 aliphatic rings. The lowest BCUT2D eigenvalue weighted by Crippen LogP contribution is -2.55. The number of rotatable bonds is 7. The van der Waals surface area contributed by atoms with Gasteiger partial charge in [-0.3, -0.25) is 34.7 Å². The number of hydrogen-bond acceptors (Lipinski definition) is 12. The van der Waals surface area contributed by atoms with Crippen LogP contribution in [0.15, 0.2) is 48.8 Å². The first kappa shape index (κ1) is 38.1. The van der Waals surface area contributed by atoms with E-state index in [2.05, 4.69) is 35.3 Å². The van der Waals surface area contributed by atoms with E-state index in [1.165, 1.54) is 6.07 Å². The third kappa shape index (κ3) is 6.66. The minimum Gasteiger partial charge on any atom is -0.474 e. The Hall–Kier alpha value is -6.16. The van der Waals surface area contributed by atoms with Crippen LogP contribution in [0.2, 0.25) is 0 Å². The zero-order valence-corrected chi connectivity index (χ0v) is 33.5. The Kier molecular flexibility index (Phi) is 9.22. The first-order chi connectivity index (χ1) is 28.9. The largest absolute Gasteiger partial charge is 0.474 e. The summed E-state index contributed by atoms with van der Waals surface area (Å²) in [6.07, 6.45) is 6.43. The molecular weight excluding hydrogens is 772 g/mol. The third-order valence-electron chi connectivity index (χ3n) is 13.4. The molecular formula is C44H45FN8O7. The van der Waals surface area contributed by atoms with Gasteiger partial charge in [0.05, 0.1) is 17.7 Å². The van der Waals surface area contributed by atoms with Crippen molar-refractivity contribution >= 4 is 57.7 Å². The van der Waals surface area contributed by atoms with Gasteiger partial charge in [0.15, 0.2) is 0 Å². The Morgan fingerprint density at radius 1 is 0.950 bits per heavy atom. The second-order valence-corrected chi connectivity index (χ2v) is 17.3. The Balaban J connectivity index is 0.687. The van der Waals surface area contributed by atoms with Crippen molar-refractivity contribution in [2.75, 3.05) is 68.0 Å². The van der Waals surface area contributed by atoms with E-state index in [9.17, 15) is 24.0 Å². The molecule has 1 aliphatic carbocycles. The average Bonchev–Trinajstić information content (AvgIpc) is 3.44. The summed E-state index contributed by atoms with van der Waals surface area (Å²) < 4.78 is 27.0. The number of pyridine rings is 2. The van der Waals surface area contributed by atoms with Crippen LogP contribution in [0.1, 0.15) is 64.8 Å². The van der Waals surface area contributed by atoms with Crippen LogP contribution in [0, 0.1) is 24.1 Å². The first-order valence-corrected chi connectivity index (χ1v) is 20.7. The summed E-state index contributed by atoms with van der Waals surface area (Å²) in [7, 11) is 1.97. The Morgan fingerprint density at radius 2 is 1.73 bits per heavy atom. The Morgan fingerprint density at radius 3 is 2.52 bits per heavy atom. The summed E-state index contributed by atoms with van der Waals surface area (Å²) >= 11 is 0. The molecule has 1 saturated carbocycles. The van der Waals surface area contributed by atoms with Crippen LogP contribution in [-0.2, 0) is 14.3 Å². The number of anilines is 3. The van der Waals surface area contributed by atoms with Crippen LogP contribution in [0.4, 0.5) is 26.4 Å². The maximum atomic E-state index is 15.4. The summed E-state index contributed by atoms with van der Waals surface area (Å²) in [5.41, 5.74) is 4.43. The molecule has 1 unspecified atom stereocenters. The maximum Gasteiger partial charge on any atom is 0.413 e. The molecule has 4 fully saturated rings. The SMILES string of the molecule is Cc1c(-c2cc3cc(NC(=O)OC4CC5(CCN(CC6CN(c7ccc8c(c7)C(=O)N(C7CCC(=O)NC7=O)C8=O)C6)CC5)C4)ncc3cc2F)cnc2c1N(C)CCO2. The third-order valence-corrected chi connectivity index (χ3v) is 13.4. The molecule has 2 N–H and O–H groups in total. The number of halogens is 1. The van der Waals surface area contributed by atoms with Crippen LogP contribution >= 0.6 is 0 Å². The Bertz CT molecular complexity index is 2490. The number of likely N-dealkylation sites (tertiary alicyclic amines) is 1. The predicted octanol–water partition coefficient (Wildman–Crippen LogP) is 4.90. The molecule has 2 aromatic carbocycles. The lowest BCUT2D eigenvalue weighted by molar-refractivity contribution is -0.136. The van der Waals surface area contributed by atoms with Gasteiger partial charge in [-0.15, -0.1) is 0 Å². The number of benzene rings is 2. The summed E-state index contributed by atoms with van der Waals surface area (Å²) in [5, 5.41) is 6.34. The van der Waals surface area contributed by atoms with Crippen molar-refractivity contribution in [3.05, 3.63) is 71.3 Å². The van der Waals surface area contributed by atoms with Gasteiger partial charge >= 0.3 is 6.09 Å². The molecule has 1 atom stereocenters. The number of fused-ring (bicyclic) bond motifs is 3. The number of aromatic nitrogens is 2. The number of carbonyl (C=O) groups excluding carboxylic acids is 5. The number of likely N-dealkylation sites (N-methyl/N-ethyl adjacent to an activating group) is 1. The van der Waals surface area contributed by atoms with E-state index < -0.39 is 35.8 Å². The predicted molar refractivity (Wildman–Crippen MR) is 218 cm³/mol. The molecule has 0 radical (unpaired) electrons. The van der Waals surface area contributed by atoms with E-state index in [1.54, 1.807) is 36.7 Å². The molecule has 15 nitrogen and oxygen atoms in total. The summed E-state index contributed by atoms with van der Waals surface area (Å²) in [6, 6.07) is 9.22. The van der Waals surface area contributed by atoms with Gasteiger partial charge in [0.2, 0.25) is 17.7 Å². The fourth-order valence-corrected chi connectivity index (χ4v) is 10.0. The topological polar surface area (TPSA) is 167 Å². The lowest BCUT2D eigenvalue weighted by atomic mass is 9.61.